The van der Waals surface area contributed by atoms with Crippen molar-refractivity contribution < 1.29 is 29.7 Å². The molecule has 0 aliphatic carbocycles. The average Bonchev–Trinajstić information content (AvgIpc) is 2.22. The second-order valence-corrected chi connectivity index (χ2v) is 3.28. The molecule has 0 saturated heterocycles. The van der Waals surface area contributed by atoms with Crippen LogP contribution in [0.5, 0.6) is 0 Å². The zero-order valence-electron chi connectivity index (χ0n) is 9.59. The van der Waals surface area contributed by atoms with Gasteiger partial charge < -0.3 is 21.1 Å². The average molecular weight is 249 g/mol. The van der Waals surface area contributed by atoms with Crippen LogP contribution in [0, 0.1) is 0 Å². The van der Waals surface area contributed by atoms with Crippen molar-refractivity contribution in [1.82, 2.24) is 0 Å². The van der Waals surface area contributed by atoms with E-state index in [1.165, 1.54) is 0 Å². The lowest BCUT2D eigenvalue weighted by atomic mass is 10.2. The molecule has 0 radical (unpaired) electrons. The monoisotopic (exact) mass is 249 g/mol. The molecule has 0 heterocycles. The van der Waals surface area contributed by atoms with Gasteiger partial charge in [0.2, 0.25) is 0 Å². The number of rotatable bonds is 8. The minimum Gasteiger partial charge on any atom is -0.481 e. The molecular weight excluding hydrogens is 230 g/mol. The van der Waals surface area contributed by atoms with Crippen molar-refractivity contribution in [2.75, 3.05) is 6.54 Å². The number of hydrogen-bond donors (Lipinski definition) is 4. The van der Waals surface area contributed by atoms with Crippen molar-refractivity contribution in [2.24, 2.45) is 5.73 Å². The zero-order chi connectivity index (χ0) is 13.7. The van der Waals surface area contributed by atoms with Crippen LogP contribution < -0.4 is 5.73 Å². The van der Waals surface area contributed by atoms with Crippen LogP contribution >= 0.6 is 0 Å². The number of carbonyl (C=O) groups is 3. The Kier molecular flexibility index (Phi) is 13.0. The predicted molar refractivity (Wildman–Crippen MR) is 59.7 cm³/mol. The summed E-state index contributed by atoms with van der Waals surface area (Å²) in [6.07, 6.45) is 2.31. The SMILES string of the molecule is NCCCCCC(=O)O.O=C(O)CCC(=O)O. The maximum Gasteiger partial charge on any atom is 0.303 e. The van der Waals surface area contributed by atoms with Gasteiger partial charge in [-0.2, -0.15) is 0 Å². The summed E-state index contributed by atoms with van der Waals surface area (Å²) in [4.78, 5) is 29.2. The van der Waals surface area contributed by atoms with E-state index in [4.69, 9.17) is 21.1 Å². The van der Waals surface area contributed by atoms with Crippen molar-refractivity contribution in [1.29, 1.82) is 0 Å². The summed E-state index contributed by atoms with van der Waals surface area (Å²) >= 11 is 0. The third-order valence-corrected chi connectivity index (χ3v) is 1.65. The summed E-state index contributed by atoms with van der Waals surface area (Å²) in [5.41, 5.74) is 5.20. The summed E-state index contributed by atoms with van der Waals surface area (Å²) in [6.45, 7) is 0.666. The van der Waals surface area contributed by atoms with Gasteiger partial charge in [0.05, 0.1) is 12.8 Å². The van der Waals surface area contributed by atoms with Gasteiger partial charge in [-0.15, -0.1) is 0 Å². The molecule has 0 rings (SSSR count). The smallest absolute Gasteiger partial charge is 0.303 e. The van der Waals surface area contributed by atoms with Gasteiger partial charge in [-0.1, -0.05) is 6.42 Å². The minimum atomic E-state index is -1.08. The Balaban J connectivity index is 0. The third kappa shape index (κ3) is 25.0. The minimum absolute atomic E-state index is 0.278. The molecule has 7 heteroatoms. The van der Waals surface area contributed by atoms with Gasteiger partial charge in [-0.05, 0) is 19.4 Å². The Morgan fingerprint density at radius 3 is 1.41 bits per heavy atom. The first kappa shape index (κ1) is 17.8. The molecule has 7 nitrogen and oxygen atoms in total. The van der Waals surface area contributed by atoms with Crippen molar-refractivity contribution >= 4 is 17.9 Å². The summed E-state index contributed by atoms with van der Waals surface area (Å²) in [6, 6.07) is 0. The molecule has 0 saturated carbocycles. The van der Waals surface area contributed by atoms with Crippen LogP contribution in [-0.2, 0) is 14.4 Å². The van der Waals surface area contributed by atoms with E-state index >= 15 is 0 Å². The number of carboxylic acids is 3. The second-order valence-electron chi connectivity index (χ2n) is 3.28. The molecule has 0 aromatic carbocycles. The number of hydrogen-bond acceptors (Lipinski definition) is 4. The fraction of sp³-hybridized carbons (Fsp3) is 0.700. The second kappa shape index (κ2) is 12.4. The highest BCUT2D eigenvalue weighted by molar-refractivity contribution is 5.75. The highest BCUT2D eigenvalue weighted by Gasteiger charge is 2.00. The molecule has 0 spiro atoms. The van der Waals surface area contributed by atoms with Gasteiger partial charge in [0.25, 0.3) is 0 Å². The van der Waals surface area contributed by atoms with E-state index in [0.29, 0.717) is 6.54 Å². The van der Waals surface area contributed by atoms with E-state index in [2.05, 4.69) is 0 Å². The molecule has 0 fully saturated rings. The van der Waals surface area contributed by atoms with Crippen LogP contribution in [0.3, 0.4) is 0 Å². The molecule has 0 bridgehead atoms. The van der Waals surface area contributed by atoms with Gasteiger partial charge in [0, 0.05) is 6.42 Å². The number of carboxylic acid groups (broad SMARTS) is 3. The maximum atomic E-state index is 9.93. The van der Waals surface area contributed by atoms with Crippen LogP contribution in [0.1, 0.15) is 38.5 Å². The van der Waals surface area contributed by atoms with Crippen molar-refractivity contribution in [3.8, 4) is 0 Å². The third-order valence-electron chi connectivity index (χ3n) is 1.65. The Bertz CT molecular complexity index is 227. The molecule has 5 N–H and O–H groups in total. The normalized spacial score (nSPS) is 9.00. The molecule has 0 atom stereocenters. The van der Waals surface area contributed by atoms with Crippen LogP contribution in [-0.4, -0.2) is 39.8 Å². The Labute approximate surface area is 99.2 Å². The van der Waals surface area contributed by atoms with Gasteiger partial charge >= 0.3 is 17.9 Å². The van der Waals surface area contributed by atoms with Crippen molar-refractivity contribution in [3.63, 3.8) is 0 Å². The Morgan fingerprint density at radius 1 is 0.706 bits per heavy atom. The number of aliphatic carboxylic acids is 3. The van der Waals surface area contributed by atoms with Crippen LogP contribution in [0.25, 0.3) is 0 Å². The molecular formula is C10H19NO6. The van der Waals surface area contributed by atoms with Gasteiger partial charge in [0.15, 0.2) is 0 Å². The molecule has 0 aromatic rings. The lowest BCUT2D eigenvalue weighted by molar-refractivity contribution is -0.143. The topological polar surface area (TPSA) is 138 Å². The zero-order valence-corrected chi connectivity index (χ0v) is 9.59. The highest BCUT2D eigenvalue weighted by Crippen LogP contribution is 1.97. The lowest BCUT2D eigenvalue weighted by Crippen LogP contribution is -2.00. The fourth-order valence-corrected chi connectivity index (χ4v) is 0.811. The molecule has 0 unspecified atom stereocenters. The van der Waals surface area contributed by atoms with Gasteiger partial charge in [0.1, 0.15) is 0 Å². The molecule has 0 aromatic heterocycles. The van der Waals surface area contributed by atoms with E-state index in [9.17, 15) is 14.4 Å². The summed E-state index contributed by atoms with van der Waals surface area (Å²) in [5.74, 6) is -2.87. The summed E-state index contributed by atoms with van der Waals surface area (Å²) in [5, 5.41) is 24.0. The van der Waals surface area contributed by atoms with E-state index in [0.717, 1.165) is 19.3 Å². The predicted octanol–water partition coefficient (Wildman–Crippen LogP) is 0.526. The summed E-state index contributed by atoms with van der Waals surface area (Å²) < 4.78 is 0. The number of nitrogens with two attached hydrogens (primary N) is 1. The highest BCUT2D eigenvalue weighted by atomic mass is 16.4. The van der Waals surface area contributed by atoms with E-state index < -0.39 is 17.9 Å². The first-order chi connectivity index (χ1) is 7.90. The fourth-order valence-electron chi connectivity index (χ4n) is 0.811. The standard InChI is InChI=1S/C6H13NO2.C4H6O4/c7-5-3-1-2-4-6(8)9;5-3(6)1-2-4(7)8/h1-5,7H2,(H,8,9);1-2H2,(H,5,6)(H,7,8). The molecule has 0 aliphatic heterocycles. The van der Waals surface area contributed by atoms with Crippen LogP contribution in [0.15, 0.2) is 0 Å². The quantitative estimate of drug-likeness (QED) is 0.460. The van der Waals surface area contributed by atoms with Gasteiger partial charge in [-0.3, -0.25) is 14.4 Å². The molecule has 0 aliphatic rings. The Hall–Kier alpha value is -1.63. The van der Waals surface area contributed by atoms with Crippen molar-refractivity contribution in [2.45, 2.75) is 38.5 Å². The lowest BCUT2D eigenvalue weighted by Gasteiger charge is -1.93. The first-order valence-corrected chi connectivity index (χ1v) is 5.25. The van der Waals surface area contributed by atoms with Gasteiger partial charge in [-0.25, -0.2) is 0 Å². The molecule has 0 amide bonds. The first-order valence-electron chi connectivity index (χ1n) is 5.25. The van der Waals surface area contributed by atoms with Crippen molar-refractivity contribution in [3.05, 3.63) is 0 Å². The van der Waals surface area contributed by atoms with Crippen LogP contribution in [0.2, 0.25) is 0 Å². The van der Waals surface area contributed by atoms with Crippen LogP contribution in [0.4, 0.5) is 0 Å². The maximum absolute atomic E-state index is 9.93. The Morgan fingerprint density at radius 2 is 1.12 bits per heavy atom. The van der Waals surface area contributed by atoms with E-state index in [1.807, 2.05) is 0 Å². The molecule has 100 valence electrons. The summed E-state index contributed by atoms with van der Waals surface area (Å²) in [7, 11) is 0. The van der Waals surface area contributed by atoms with E-state index in [-0.39, 0.29) is 19.3 Å². The van der Waals surface area contributed by atoms with E-state index in [1.54, 1.807) is 0 Å². The molecule has 17 heavy (non-hydrogen) atoms. The largest absolute Gasteiger partial charge is 0.481 e. The number of unbranched alkanes of at least 4 members (excludes halogenated alkanes) is 2.